The molecule has 7 nitrogen and oxygen atoms in total. The normalized spacial score (nSPS) is 15.7. The van der Waals surface area contributed by atoms with Gasteiger partial charge >= 0.3 is 5.97 Å². The molecule has 0 bridgehead atoms. The fourth-order valence-electron chi connectivity index (χ4n) is 3.25. The Morgan fingerprint density at radius 3 is 1.77 bits per heavy atom. The van der Waals surface area contributed by atoms with Crippen LogP contribution in [0.25, 0.3) is 0 Å². The molecule has 4 atom stereocenters. The smallest absolute Gasteiger partial charge is 0.305 e. The molecule has 0 saturated carbocycles. The molecular weight excluding hydrogens is 400 g/mol. The SMILES string of the molecule is CCCCCCCCC=CCCCCCCCC(=O)OC[C@H](O)[C@@H](O)[C@H](O)[C@H](O)CO. The summed E-state index contributed by atoms with van der Waals surface area (Å²) in [7, 11) is 0. The highest BCUT2D eigenvalue weighted by atomic mass is 16.5. The summed E-state index contributed by atoms with van der Waals surface area (Å²) in [4.78, 5) is 11.7. The molecule has 0 aliphatic carbocycles. The molecule has 0 unspecified atom stereocenters. The molecule has 0 saturated heterocycles. The lowest BCUT2D eigenvalue weighted by Gasteiger charge is -2.25. The highest BCUT2D eigenvalue weighted by Crippen LogP contribution is 2.11. The van der Waals surface area contributed by atoms with E-state index in [0.717, 1.165) is 32.1 Å². The Morgan fingerprint density at radius 1 is 0.742 bits per heavy atom. The first-order chi connectivity index (χ1) is 14.9. The van der Waals surface area contributed by atoms with Crippen LogP contribution < -0.4 is 0 Å². The third-order valence-electron chi connectivity index (χ3n) is 5.38. The van der Waals surface area contributed by atoms with Gasteiger partial charge in [-0.2, -0.15) is 0 Å². The third-order valence-corrected chi connectivity index (χ3v) is 5.38. The van der Waals surface area contributed by atoms with Gasteiger partial charge in [-0.15, -0.1) is 0 Å². The number of aliphatic hydroxyl groups excluding tert-OH is 5. The molecule has 0 radical (unpaired) electrons. The topological polar surface area (TPSA) is 127 Å². The van der Waals surface area contributed by atoms with Crippen molar-refractivity contribution in [3.63, 3.8) is 0 Å². The first kappa shape index (κ1) is 30.0. The summed E-state index contributed by atoms with van der Waals surface area (Å²) in [5.74, 6) is -0.471. The largest absolute Gasteiger partial charge is 0.463 e. The molecule has 0 fully saturated rings. The summed E-state index contributed by atoms with van der Waals surface area (Å²) in [6, 6.07) is 0. The van der Waals surface area contributed by atoms with Gasteiger partial charge in [-0.05, 0) is 32.1 Å². The second kappa shape index (κ2) is 20.9. The van der Waals surface area contributed by atoms with Gasteiger partial charge in [0.05, 0.1) is 6.61 Å². The third kappa shape index (κ3) is 17.3. The Morgan fingerprint density at radius 2 is 1.23 bits per heavy atom. The quantitative estimate of drug-likeness (QED) is 0.104. The van der Waals surface area contributed by atoms with E-state index in [9.17, 15) is 25.2 Å². The van der Waals surface area contributed by atoms with E-state index in [1.165, 1.54) is 44.9 Å². The lowest BCUT2D eigenvalue weighted by Crippen LogP contribution is -2.47. The summed E-state index contributed by atoms with van der Waals surface area (Å²) in [5.41, 5.74) is 0. The van der Waals surface area contributed by atoms with Crippen molar-refractivity contribution in [2.75, 3.05) is 13.2 Å². The van der Waals surface area contributed by atoms with E-state index in [2.05, 4.69) is 19.1 Å². The maximum absolute atomic E-state index is 11.7. The summed E-state index contributed by atoms with van der Waals surface area (Å²) in [6.45, 7) is 1.02. The second-order valence-corrected chi connectivity index (χ2v) is 8.32. The Labute approximate surface area is 188 Å². The highest BCUT2D eigenvalue weighted by molar-refractivity contribution is 5.69. The van der Waals surface area contributed by atoms with Crippen molar-refractivity contribution in [3.05, 3.63) is 12.2 Å². The fourth-order valence-corrected chi connectivity index (χ4v) is 3.25. The molecule has 0 heterocycles. The van der Waals surface area contributed by atoms with Gasteiger partial charge in [0, 0.05) is 6.42 Å². The first-order valence-corrected chi connectivity index (χ1v) is 12.1. The Kier molecular flexibility index (Phi) is 20.2. The van der Waals surface area contributed by atoms with Crippen molar-refractivity contribution in [1.82, 2.24) is 0 Å². The van der Waals surface area contributed by atoms with Gasteiger partial charge in [0.25, 0.3) is 0 Å². The number of rotatable bonds is 21. The zero-order valence-electron chi connectivity index (χ0n) is 19.3. The summed E-state index contributed by atoms with van der Waals surface area (Å²) in [6.07, 6.45) is 13.5. The molecule has 0 rings (SSSR count). The molecule has 0 aliphatic rings. The van der Waals surface area contributed by atoms with Crippen molar-refractivity contribution >= 4 is 5.97 Å². The Balaban J connectivity index is 3.55. The molecule has 0 amide bonds. The molecule has 0 aromatic heterocycles. The van der Waals surface area contributed by atoms with Crippen LogP contribution in [0.2, 0.25) is 0 Å². The summed E-state index contributed by atoms with van der Waals surface area (Å²) >= 11 is 0. The Bertz CT molecular complexity index is 442. The lowest BCUT2D eigenvalue weighted by atomic mass is 10.0. The number of hydrogen-bond donors (Lipinski definition) is 5. The molecule has 31 heavy (non-hydrogen) atoms. The number of unbranched alkanes of at least 4 members (excludes halogenated alkanes) is 11. The predicted molar refractivity (Wildman–Crippen MR) is 122 cm³/mol. The van der Waals surface area contributed by atoms with E-state index in [0.29, 0.717) is 6.42 Å². The van der Waals surface area contributed by atoms with Crippen LogP contribution in [0.5, 0.6) is 0 Å². The van der Waals surface area contributed by atoms with E-state index in [1.54, 1.807) is 0 Å². The maximum atomic E-state index is 11.7. The standard InChI is InChI=1S/C24H46O7/c1-2-3-4-5-6-7-8-9-10-11-12-13-14-15-16-17-22(28)31-19-21(27)24(30)23(29)20(26)18-25/h9-10,20-21,23-27,29-30H,2-8,11-19H2,1H3/t20-,21+,23-,24-/m1/s1. The van der Waals surface area contributed by atoms with Crippen LogP contribution >= 0.6 is 0 Å². The predicted octanol–water partition coefficient (Wildman–Crippen LogP) is 3.00. The van der Waals surface area contributed by atoms with E-state index < -0.39 is 43.6 Å². The molecule has 184 valence electrons. The minimum absolute atomic E-state index is 0.239. The van der Waals surface area contributed by atoms with Crippen molar-refractivity contribution in [1.29, 1.82) is 0 Å². The van der Waals surface area contributed by atoms with Crippen LogP contribution in [0, 0.1) is 0 Å². The van der Waals surface area contributed by atoms with Crippen LogP contribution in [-0.2, 0) is 9.53 Å². The molecule has 5 N–H and O–H groups in total. The highest BCUT2D eigenvalue weighted by Gasteiger charge is 2.30. The van der Waals surface area contributed by atoms with Crippen LogP contribution in [0.3, 0.4) is 0 Å². The van der Waals surface area contributed by atoms with E-state index in [-0.39, 0.29) is 6.42 Å². The molecule has 7 heteroatoms. The number of esters is 1. The fraction of sp³-hybridized carbons (Fsp3) is 0.875. The van der Waals surface area contributed by atoms with Gasteiger partial charge in [0.2, 0.25) is 0 Å². The van der Waals surface area contributed by atoms with Gasteiger partial charge < -0.3 is 30.3 Å². The van der Waals surface area contributed by atoms with Crippen molar-refractivity contribution < 1.29 is 35.1 Å². The minimum Gasteiger partial charge on any atom is -0.463 e. The van der Waals surface area contributed by atoms with Gasteiger partial charge in [0.15, 0.2) is 0 Å². The van der Waals surface area contributed by atoms with Gasteiger partial charge in [0.1, 0.15) is 31.0 Å². The number of carbonyl (C=O) groups is 1. The number of hydrogen-bond acceptors (Lipinski definition) is 7. The minimum atomic E-state index is -1.72. The first-order valence-electron chi connectivity index (χ1n) is 12.1. The number of carbonyl (C=O) groups excluding carboxylic acids is 1. The van der Waals surface area contributed by atoms with Gasteiger partial charge in [-0.1, -0.05) is 70.4 Å². The molecule has 0 aliphatic heterocycles. The number of aliphatic hydroxyl groups is 5. The van der Waals surface area contributed by atoms with Gasteiger partial charge in [-0.25, -0.2) is 0 Å². The van der Waals surface area contributed by atoms with Crippen LogP contribution in [0.1, 0.15) is 96.8 Å². The average Bonchev–Trinajstić information content (AvgIpc) is 2.78. The second-order valence-electron chi connectivity index (χ2n) is 8.32. The van der Waals surface area contributed by atoms with Crippen LogP contribution in [-0.4, -0.2) is 69.1 Å². The maximum Gasteiger partial charge on any atom is 0.305 e. The van der Waals surface area contributed by atoms with Crippen LogP contribution in [0.4, 0.5) is 0 Å². The van der Waals surface area contributed by atoms with E-state index >= 15 is 0 Å². The molecule has 0 aromatic carbocycles. The summed E-state index contributed by atoms with van der Waals surface area (Å²) < 4.78 is 4.89. The van der Waals surface area contributed by atoms with E-state index in [1.807, 2.05) is 0 Å². The summed E-state index contributed by atoms with van der Waals surface area (Å²) in [5, 5.41) is 46.8. The number of allylic oxidation sites excluding steroid dienone is 2. The van der Waals surface area contributed by atoms with Crippen molar-refractivity contribution in [2.45, 2.75) is 121 Å². The molecule has 0 spiro atoms. The van der Waals surface area contributed by atoms with Crippen molar-refractivity contribution in [3.8, 4) is 0 Å². The average molecular weight is 447 g/mol. The number of ether oxygens (including phenoxy) is 1. The van der Waals surface area contributed by atoms with Crippen LogP contribution in [0.15, 0.2) is 12.2 Å². The van der Waals surface area contributed by atoms with Crippen molar-refractivity contribution in [2.24, 2.45) is 0 Å². The van der Waals surface area contributed by atoms with Gasteiger partial charge in [-0.3, -0.25) is 4.79 Å². The lowest BCUT2D eigenvalue weighted by molar-refractivity contribution is -0.156. The molecular formula is C24H46O7. The zero-order valence-corrected chi connectivity index (χ0v) is 19.3. The Hall–Kier alpha value is -0.990. The zero-order chi connectivity index (χ0) is 23.3. The monoisotopic (exact) mass is 446 g/mol. The molecule has 0 aromatic rings. The van der Waals surface area contributed by atoms with E-state index in [4.69, 9.17) is 9.84 Å².